The fraction of sp³-hybridized carbons (Fsp3) is 0.444. The Balaban J connectivity index is 2.09. The molecule has 3 atom stereocenters. The summed E-state index contributed by atoms with van der Waals surface area (Å²) in [5, 5.41) is 11.4. The van der Waals surface area contributed by atoms with E-state index < -0.39 is 18.2 Å². The summed E-state index contributed by atoms with van der Waals surface area (Å²) in [5.74, 6) is -0.962. The molecule has 2 N–H and O–H groups in total. The molecule has 1 aliphatic rings. The van der Waals surface area contributed by atoms with E-state index in [0.717, 1.165) is 5.57 Å². The van der Waals surface area contributed by atoms with Gasteiger partial charge in [0.05, 0.1) is 12.0 Å². The van der Waals surface area contributed by atoms with Gasteiger partial charge in [0, 0.05) is 0 Å². The van der Waals surface area contributed by atoms with E-state index in [1.807, 2.05) is 19.9 Å². The molecule has 5 nitrogen and oxygen atoms in total. The molecule has 1 fully saturated rings. The second-order valence-electron chi connectivity index (χ2n) is 6.32. The highest BCUT2D eigenvalue weighted by atomic mass is 19.1. The summed E-state index contributed by atoms with van der Waals surface area (Å²) in [6, 6.07) is 5.37. The average molecular weight is 335 g/mol. The highest BCUT2D eigenvalue weighted by Gasteiger charge is 2.38. The smallest absolute Gasteiger partial charge is 0.405 e. The van der Waals surface area contributed by atoms with Gasteiger partial charge < -0.3 is 15.2 Å². The van der Waals surface area contributed by atoms with Crippen LogP contribution in [0.4, 0.5) is 9.18 Å². The first kappa shape index (κ1) is 18.0. The molecule has 0 saturated carbocycles. The van der Waals surface area contributed by atoms with Crippen LogP contribution < -0.4 is 5.32 Å². The number of cyclic esters (lactones) is 1. The lowest BCUT2D eigenvalue weighted by Gasteiger charge is -2.22. The van der Waals surface area contributed by atoms with Crippen LogP contribution >= 0.6 is 0 Å². The van der Waals surface area contributed by atoms with Crippen molar-refractivity contribution in [3.8, 4) is 0 Å². The molecule has 0 bridgehead atoms. The van der Waals surface area contributed by atoms with Gasteiger partial charge in [0.2, 0.25) is 0 Å². The van der Waals surface area contributed by atoms with Crippen LogP contribution in [0.5, 0.6) is 0 Å². The third-order valence-corrected chi connectivity index (χ3v) is 4.03. The molecule has 1 saturated heterocycles. The summed E-state index contributed by atoms with van der Waals surface area (Å²) >= 11 is 0. The minimum absolute atomic E-state index is 0.261. The standard InChI is InChI=1S/C18H22FNO4/c1-11(2)6-7-13-10-16(24-17(13)21)15(20-18(22)23)9-12-4-3-5-14(19)8-12/h3-6,8,13,15-16,20H,7,9-10H2,1-2H3,(H,22,23). The highest BCUT2D eigenvalue weighted by Crippen LogP contribution is 2.28. The lowest BCUT2D eigenvalue weighted by atomic mass is 9.94. The molecule has 1 amide bonds. The Bertz CT molecular complexity index is 640. The van der Waals surface area contributed by atoms with E-state index in [1.165, 1.54) is 12.1 Å². The van der Waals surface area contributed by atoms with Crippen LogP contribution in [0.2, 0.25) is 0 Å². The Kier molecular flexibility index (Phi) is 5.95. The Hall–Kier alpha value is -2.37. The number of carbonyl (C=O) groups is 2. The molecule has 1 heterocycles. The van der Waals surface area contributed by atoms with Gasteiger partial charge in [-0.3, -0.25) is 4.79 Å². The van der Waals surface area contributed by atoms with Crippen LogP contribution in [0.25, 0.3) is 0 Å². The zero-order valence-electron chi connectivity index (χ0n) is 13.8. The van der Waals surface area contributed by atoms with Crippen LogP contribution in [-0.4, -0.2) is 29.3 Å². The van der Waals surface area contributed by atoms with E-state index in [9.17, 15) is 14.0 Å². The van der Waals surface area contributed by atoms with E-state index in [1.54, 1.807) is 12.1 Å². The molecule has 3 unspecified atom stereocenters. The predicted molar refractivity (Wildman–Crippen MR) is 87.1 cm³/mol. The predicted octanol–water partition coefficient (Wildman–Crippen LogP) is 3.29. The summed E-state index contributed by atoms with van der Waals surface area (Å²) in [7, 11) is 0. The van der Waals surface area contributed by atoms with E-state index in [2.05, 4.69) is 5.32 Å². The molecule has 1 aromatic rings. The van der Waals surface area contributed by atoms with E-state index in [4.69, 9.17) is 9.84 Å². The molecule has 0 aromatic heterocycles. The number of esters is 1. The maximum absolute atomic E-state index is 13.3. The van der Waals surface area contributed by atoms with Crippen molar-refractivity contribution in [2.24, 2.45) is 5.92 Å². The molecule has 2 rings (SSSR count). The minimum atomic E-state index is -1.19. The van der Waals surface area contributed by atoms with Gasteiger partial charge >= 0.3 is 12.1 Å². The Morgan fingerprint density at radius 1 is 1.50 bits per heavy atom. The average Bonchev–Trinajstić information content (AvgIpc) is 2.85. The molecule has 1 aromatic carbocycles. The normalized spacial score (nSPS) is 21.0. The molecule has 24 heavy (non-hydrogen) atoms. The third-order valence-electron chi connectivity index (χ3n) is 4.03. The summed E-state index contributed by atoms with van der Waals surface area (Å²) in [4.78, 5) is 23.1. The minimum Gasteiger partial charge on any atom is -0.465 e. The SMILES string of the molecule is CC(C)=CCC1CC(C(Cc2cccc(F)c2)NC(=O)O)OC1=O. The second kappa shape index (κ2) is 7.95. The monoisotopic (exact) mass is 335 g/mol. The zero-order valence-corrected chi connectivity index (χ0v) is 13.8. The van der Waals surface area contributed by atoms with Crippen molar-refractivity contribution >= 4 is 12.1 Å². The highest BCUT2D eigenvalue weighted by molar-refractivity contribution is 5.75. The number of amides is 1. The Labute approximate surface area is 140 Å². The number of hydrogen-bond donors (Lipinski definition) is 2. The van der Waals surface area contributed by atoms with Crippen LogP contribution in [0.3, 0.4) is 0 Å². The first-order valence-electron chi connectivity index (χ1n) is 7.93. The summed E-state index contributed by atoms with van der Waals surface area (Å²) in [5.41, 5.74) is 1.77. The first-order valence-corrected chi connectivity index (χ1v) is 7.93. The van der Waals surface area contributed by atoms with Gasteiger partial charge in [-0.25, -0.2) is 9.18 Å². The van der Waals surface area contributed by atoms with Crippen molar-refractivity contribution in [2.75, 3.05) is 0 Å². The molecule has 0 aliphatic carbocycles. The van der Waals surface area contributed by atoms with E-state index in [-0.39, 0.29) is 24.1 Å². The second-order valence-corrected chi connectivity index (χ2v) is 6.32. The summed E-state index contributed by atoms with van der Waals surface area (Å²) in [6.45, 7) is 3.91. The Morgan fingerprint density at radius 2 is 2.25 bits per heavy atom. The van der Waals surface area contributed by atoms with Gasteiger partial charge in [0.1, 0.15) is 11.9 Å². The number of halogens is 1. The van der Waals surface area contributed by atoms with Crippen LogP contribution in [0.1, 0.15) is 32.3 Å². The molecular weight excluding hydrogens is 313 g/mol. The fourth-order valence-electron chi connectivity index (χ4n) is 2.84. The van der Waals surface area contributed by atoms with Gasteiger partial charge in [-0.05, 0) is 50.8 Å². The first-order chi connectivity index (χ1) is 11.3. The molecule has 0 spiro atoms. The van der Waals surface area contributed by atoms with Crippen molar-refractivity contribution in [2.45, 2.75) is 45.3 Å². The van der Waals surface area contributed by atoms with E-state index >= 15 is 0 Å². The number of hydrogen-bond acceptors (Lipinski definition) is 3. The van der Waals surface area contributed by atoms with Crippen LogP contribution in [0, 0.1) is 11.7 Å². The van der Waals surface area contributed by atoms with Gasteiger partial charge in [-0.15, -0.1) is 0 Å². The third kappa shape index (κ3) is 5.08. The number of rotatable bonds is 6. The fourth-order valence-corrected chi connectivity index (χ4v) is 2.84. The molecule has 6 heteroatoms. The van der Waals surface area contributed by atoms with Gasteiger partial charge in [-0.2, -0.15) is 0 Å². The van der Waals surface area contributed by atoms with Gasteiger partial charge in [0.15, 0.2) is 0 Å². The molecule has 0 radical (unpaired) electrons. The summed E-state index contributed by atoms with van der Waals surface area (Å²) < 4.78 is 18.7. The lowest BCUT2D eigenvalue weighted by molar-refractivity contribution is -0.145. The summed E-state index contributed by atoms with van der Waals surface area (Å²) in [6.07, 6.45) is 1.52. The number of allylic oxidation sites excluding steroid dienone is 2. The van der Waals surface area contributed by atoms with Gasteiger partial charge in [0.25, 0.3) is 0 Å². The molecule has 130 valence electrons. The number of benzene rings is 1. The topological polar surface area (TPSA) is 75.6 Å². The van der Waals surface area contributed by atoms with Crippen molar-refractivity contribution in [3.05, 3.63) is 47.3 Å². The quantitative estimate of drug-likeness (QED) is 0.618. The van der Waals surface area contributed by atoms with E-state index in [0.29, 0.717) is 18.4 Å². The van der Waals surface area contributed by atoms with Crippen LogP contribution in [-0.2, 0) is 16.0 Å². The molecular formula is C18H22FNO4. The van der Waals surface area contributed by atoms with Crippen molar-refractivity contribution in [3.63, 3.8) is 0 Å². The maximum Gasteiger partial charge on any atom is 0.405 e. The molecule has 1 aliphatic heterocycles. The van der Waals surface area contributed by atoms with Crippen molar-refractivity contribution in [1.82, 2.24) is 5.32 Å². The zero-order chi connectivity index (χ0) is 17.7. The number of nitrogens with one attached hydrogen (secondary N) is 1. The maximum atomic E-state index is 13.3. The number of carboxylic acid groups (broad SMARTS) is 1. The van der Waals surface area contributed by atoms with Crippen molar-refractivity contribution < 1.29 is 23.8 Å². The largest absolute Gasteiger partial charge is 0.465 e. The number of ether oxygens (including phenoxy) is 1. The van der Waals surface area contributed by atoms with Crippen molar-refractivity contribution in [1.29, 1.82) is 0 Å². The van der Waals surface area contributed by atoms with Crippen LogP contribution in [0.15, 0.2) is 35.9 Å². The lowest BCUT2D eigenvalue weighted by Crippen LogP contribution is -2.44. The van der Waals surface area contributed by atoms with Gasteiger partial charge in [-0.1, -0.05) is 23.8 Å². The number of carbonyl (C=O) groups excluding carboxylic acids is 1. The Morgan fingerprint density at radius 3 is 2.88 bits per heavy atom.